The van der Waals surface area contributed by atoms with Gasteiger partial charge in [0.2, 0.25) is 5.91 Å². The highest BCUT2D eigenvalue weighted by Gasteiger charge is 2.18. The molecule has 0 atom stereocenters. The summed E-state index contributed by atoms with van der Waals surface area (Å²) in [5.41, 5.74) is 5.88. The van der Waals surface area contributed by atoms with Gasteiger partial charge in [-0.3, -0.25) is 9.59 Å². The van der Waals surface area contributed by atoms with Gasteiger partial charge in [-0.1, -0.05) is 20.3 Å². The van der Waals surface area contributed by atoms with Crippen LogP contribution in [0.2, 0.25) is 0 Å². The third kappa shape index (κ3) is 5.44. The molecule has 0 radical (unpaired) electrons. The average Bonchev–Trinajstić information content (AvgIpc) is 2.70. The monoisotopic (exact) mass is 346 g/mol. The maximum Gasteiger partial charge on any atom is 0.259 e. The zero-order chi connectivity index (χ0) is 18.4. The van der Waals surface area contributed by atoms with Crippen LogP contribution in [-0.2, 0) is 16.1 Å². The van der Waals surface area contributed by atoms with Gasteiger partial charge >= 0.3 is 0 Å². The Kier molecular flexibility index (Phi) is 6.79. The smallest absolute Gasteiger partial charge is 0.259 e. The first kappa shape index (κ1) is 19.2. The normalized spacial score (nSPS) is 15.9. The number of aryl methyl sites for hydroxylation is 1. The van der Waals surface area contributed by atoms with Gasteiger partial charge in [0, 0.05) is 36.5 Å². The molecule has 138 valence electrons. The molecule has 1 fully saturated rings. The number of rotatable bonds is 6. The first-order chi connectivity index (χ1) is 11.9. The van der Waals surface area contributed by atoms with Gasteiger partial charge in [0.25, 0.3) is 5.91 Å². The predicted octanol–water partition coefficient (Wildman–Crippen LogP) is 2.61. The topological polar surface area (TPSA) is 66.7 Å². The lowest BCUT2D eigenvalue weighted by molar-refractivity contribution is -0.135. The molecule has 1 aromatic heterocycles. The van der Waals surface area contributed by atoms with Crippen molar-refractivity contribution in [3.63, 3.8) is 0 Å². The molecule has 2 amide bonds. The van der Waals surface area contributed by atoms with Crippen molar-refractivity contribution < 1.29 is 9.59 Å². The van der Waals surface area contributed by atoms with Crippen molar-refractivity contribution in [3.8, 4) is 0 Å². The Hall–Kier alpha value is -2.11. The van der Waals surface area contributed by atoms with Crippen molar-refractivity contribution in [2.75, 3.05) is 13.1 Å². The van der Waals surface area contributed by atoms with Crippen LogP contribution in [0.4, 0.5) is 0 Å². The number of aromatic nitrogens is 1. The average molecular weight is 346 g/mol. The molecule has 2 rings (SSSR count). The molecule has 2 heterocycles. The number of carbonyl (C=O) groups is 2. The van der Waals surface area contributed by atoms with Crippen molar-refractivity contribution in [2.24, 2.45) is 11.0 Å². The number of nitrogens with zero attached hydrogens (tertiary/aromatic N) is 3. The number of hydrogen-bond donors (Lipinski definition) is 1. The molecule has 1 aliphatic rings. The van der Waals surface area contributed by atoms with Gasteiger partial charge < -0.3 is 9.47 Å². The number of likely N-dealkylation sites (tertiary alicyclic amines) is 1. The lowest BCUT2D eigenvalue weighted by atomic mass is 10.2. The molecule has 0 unspecified atom stereocenters. The Morgan fingerprint density at radius 3 is 2.80 bits per heavy atom. The van der Waals surface area contributed by atoms with Crippen molar-refractivity contribution in [1.82, 2.24) is 14.9 Å². The fourth-order valence-corrected chi connectivity index (χ4v) is 3.19. The van der Waals surface area contributed by atoms with Crippen LogP contribution in [0, 0.1) is 19.8 Å². The Morgan fingerprint density at radius 2 is 2.08 bits per heavy atom. The zero-order valence-electron chi connectivity index (χ0n) is 15.8. The fourth-order valence-electron chi connectivity index (χ4n) is 3.19. The van der Waals surface area contributed by atoms with Crippen molar-refractivity contribution in [1.29, 1.82) is 0 Å². The van der Waals surface area contributed by atoms with Gasteiger partial charge in [0.15, 0.2) is 0 Å². The lowest BCUT2D eigenvalue weighted by Crippen LogP contribution is -2.39. The van der Waals surface area contributed by atoms with Crippen LogP contribution in [0.25, 0.3) is 0 Å². The summed E-state index contributed by atoms with van der Waals surface area (Å²) in [5, 5.41) is 4.07. The zero-order valence-corrected chi connectivity index (χ0v) is 15.8. The molecule has 0 bridgehead atoms. The standard InChI is InChI=1S/C19H30N4O2/c1-14(2)12-23-15(3)10-17(16(23)4)11-20-21-18(24)13-22-9-7-5-6-8-19(22)25/h10-11,14H,5-9,12-13H2,1-4H3,(H,21,24)/b20-11-. The van der Waals surface area contributed by atoms with E-state index in [-0.39, 0.29) is 18.4 Å². The summed E-state index contributed by atoms with van der Waals surface area (Å²) in [6, 6.07) is 2.08. The first-order valence-electron chi connectivity index (χ1n) is 9.15. The van der Waals surface area contributed by atoms with Gasteiger partial charge in [-0.25, -0.2) is 5.43 Å². The van der Waals surface area contributed by atoms with Gasteiger partial charge in [0.1, 0.15) is 6.54 Å². The molecule has 0 aromatic carbocycles. The van der Waals surface area contributed by atoms with Gasteiger partial charge in [-0.2, -0.15) is 5.10 Å². The molecule has 0 saturated carbocycles. The van der Waals surface area contributed by atoms with E-state index in [9.17, 15) is 9.59 Å². The van der Waals surface area contributed by atoms with E-state index >= 15 is 0 Å². The van der Waals surface area contributed by atoms with Crippen LogP contribution in [-0.4, -0.2) is 40.6 Å². The summed E-state index contributed by atoms with van der Waals surface area (Å²) < 4.78 is 2.27. The van der Waals surface area contributed by atoms with Gasteiger partial charge in [0.05, 0.1) is 6.21 Å². The van der Waals surface area contributed by atoms with E-state index < -0.39 is 0 Å². The number of hydrazone groups is 1. The van der Waals surface area contributed by atoms with E-state index in [4.69, 9.17) is 0 Å². The lowest BCUT2D eigenvalue weighted by Gasteiger charge is -2.18. The molecular formula is C19H30N4O2. The minimum absolute atomic E-state index is 0.0638. The van der Waals surface area contributed by atoms with Crippen molar-refractivity contribution in [3.05, 3.63) is 23.0 Å². The SMILES string of the molecule is Cc1cc(/C=N\NC(=O)CN2CCCCCC2=O)c(C)n1CC(C)C. The minimum atomic E-state index is -0.248. The number of nitrogens with one attached hydrogen (secondary N) is 1. The third-order valence-corrected chi connectivity index (χ3v) is 4.56. The summed E-state index contributed by atoms with van der Waals surface area (Å²) in [7, 11) is 0. The Balaban J connectivity index is 1.92. The van der Waals surface area contributed by atoms with E-state index in [1.165, 1.54) is 5.69 Å². The minimum Gasteiger partial charge on any atom is -0.348 e. The van der Waals surface area contributed by atoms with E-state index in [1.54, 1.807) is 11.1 Å². The van der Waals surface area contributed by atoms with E-state index in [1.807, 2.05) is 0 Å². The molecule has 1 aromatic rings. The number of hydrogen-bond acceptors (Lipinski definition) is 3. The molecule has 1 saturated heterocycles. The summed E-state index contributed by atoms with van der Waals surface area (Å²) in [6.07, 6.45) is 5.15. The summed E-state index contributed by atoms with van der Waals surface area (Å²) in [4.78, 5) is 25.6. The van der Waals surface area contributed by atoms with Crippen molar-refractivity contribution in [2.45, 2.75) is 59.9 Å². The Labute approximate surface area is 150 Å². The molecule has 0 aliphatic carbocycles. The van der Waals surface area contributed by atoms with Crippen LogP contribution < -0.4 is 5.43 Å². The van der Waals surface area contributed by atoms with Crippen LogP contribution in [0.1, 0.15) is 56.5 Å². The molecule has 25 heavy (non-hydrogen) atoms. The third-order valence-electron chi connectivity index (χ3n) is 4.56. The van der Waals surface area contributed by atoms with Crippen LogP contribution >= 0.6 is 0 Å². The maximum atomic E-state index is 12.0. The first-order valence-corrected chi connectivity index (χ1v) is 9.15. The second-order valence-corrected chi connectivity index (χ2v) is 7.25. The predicted molar refractivity (Wildman–Crippen MR) is 99.5 cm³/mol. The quantitative estimate of drug-likeness (QED) is 0.635. The fraction of sp³-hybridized carbons (Fsp3) is 0.632. The van der Waals surface area contributed by atoms with E-state index in [0.717, 1.165) is 37.1 Å². The highest BCUT2D eigenvalue weighted by molar-refractivity contribution is 5.87. The summed E-state index contributed by atoms with van der Waals surface area (Å²) in [5.74, 6) is 0.386. The summed E-state index contributed by atoms with van der Waals surface area (Å²) >= 11 is 0. The number of amides is 2. The van der Waals surface area contributed by atoms with E-state index in [2.05, 4.69) is 48.9 Å². The van der Waals surface area contributed by atoms with Crippen molar-refractivity contribution >= 4 is 18.0 Å². The van der Waals surface area contributed by atoms with Gasteiger partial charge in [-0.05, 0) is 38.7 Å². The molecule has 0 spiro atoms. The molecular weight excluding hydrogens is 316 g/mol. The highest BCUT2D eigenvalue weighted by Crippen LogP contribution is 2.15. The Morgan fingerprint density at radius 1 is 1.32 bits per heavy atom. The van der Waals surface area contributed by atoms with Crippen LogP contribution in [0.3, 0.4) is 0 Å². The summed E-state index contributed by atoms with van der Waals surface area (Å²) in [6.45, 7) is 10.2. The Bertz CT molecular complexity index is 646. The second-order valence-electron chi connectivity index (χ2n) is 7.25. The van der Waals surface area contributed by atoms with E-state index in [0.29, 0.717) is 18.9 Å². The number of carbonyl (C=O) groups excluding carboxylic acids is 2. The van der Waals surface area contributed by atoms with Crippen LogP contribution in [0.15, 0.2) is 11.2 Å². The van der Waals surface area contributed by atoms with Gasteiger partial charge in [-0.15, -0.1) is 0 Å². The maximum absolute atomic E-state index is 12.0. The highest BCUT2D eigenvalue weighted by atomic mass is 16.2. The molecule has 1 N–H and O–H groups in total. The second kappa shape index (κ2) is 8.83. The molecule has 6 nitrogen and oxygen atoms in total. The molecule has 1 aliphatic heterocycles. The largest absolute Gasteiger partial charge is 0.348 e. The molecule has 6 heteroatoms. The van der Waals surface area contributed by atoms with Crippen LogP contribution in [0.5, 0.6) is 0 Å².